The third-order valence-electron chi connectivity index (χ3n) is 4.78. The molecule has 170 valence electrons. The highest BCUT2D eigenvalue weighted by Crippen LogP contribution is 2.30. The van der Waals surface area contributed by atoms with Gasteiger partial charge in [-0.2, -0.15) is 0 Å². The van der Waals surface area contributed by atoms with Crippen LogP contribution in [0.25, 0.3) is 0 Å². The van der Waals surface area contributed by atoms with Crippen molar-refractivity contribution in [2.75, 3.05) is 20.3 Å². The molecule has 1 heterocycles. The van der Waals surface area contributed by atoms with Crippen LogP contribution in [0.4, 0.5) is 0 Å². The Bertz CT molecular complexity index is 874. The summed E-state index contributed by atoms with van der Waals surface area (Å²) in [6.07, 6.45) is -0.316. The number of ether oxygens (including phenoxy) is 3. The Labute approximate surface area is 185 Å². The third kappa shape index (κ3) is 6.97. The predicted molar refractivity (Wildman–Crippen MR) is 123 cm³/mol. The van der Waals surface area contributed by atoms with Crippen molar-refractivity contribution in [1.82, 2.24) is 9.88 Å². The van der Waals surface area contributed by atoms with Crippen molar-refractivity contribution in [1.29, 1.82) is 0 Å². The molecule has 0 bridgehead atoms. The van der Waals surface area contributed by atoms with E-state index in [1.54, 1.807) is 20.0 Å². The molecule has 8 heteroatoms. The molecule has 2 rings (SSSR count). The summed E-state index contributed by atoms with van der Waals surface area (Å²) in [5.74, 6) is -0.573. The van der Waals surface area contributed by atoms with Crippen molar-refractivity contribution >= 4 is 20.0 Å². The molecule has 0 radical (unpaired) electrons. The van der Waals surface area contributed by atoms with Crippen LogP contribution in [-0.4, -0.2) is 44.8 Å². The van der Waals surface area contributed by atoms with E-state index in [4.69, 9.17) is 14.2 Å². The Balaban J connectivity index is 2.39. The van der Waals surface area contributed by atoms with Gasteiger partial charge in [0.2, 0.25) is 0 Å². The van der Waals surface area contributed by atoms with Crippen LogP contribution in [0.2, 0.25) is 25.7 Å². The first-order valence-corrected chi connectivity index (χ1v) is 14.3. The lowest BCUT2D eigenvalue weighted by atomic mass is 10.1. The van der Waals surface area contributed by atoms with Gasteiger partial charge in [-0.05, 0) is 25.5 Å². The van der Waals surface area contributed by atoms with E-state index in [0.29, 0.717) is 12.4 Å². The average molecular weight is 447 g/mol. The fourth-order valence-corrected chi connectivity index (χ4v) is 3.75. The Morgan fingerprint density at radius 3 is 2.42 bits per heavy atom. The second-order valence-electron chi connectivity index (χ2n) is 8.49. The van der Waals surface area contributed by atoms with Gasteiger partial charge >= 0.3 is 5.97 Å². The normalized spacial score (nSPS) is 12.3. The lowest BCUT2D eigenvalue weighted by Crippen LogP contribution is -2.26. The molecule has 0 unspecified atom stereocenters. The number of nitrogens with one attached hydrogen (secondary N) is 1. The number of amides is 1. The lowest BCUT2D eigenvalue weighted by Gasteiger charge is -2.18. The Kier molecular flexibility index (Phi) is 8.88. The van der Waals surface area contributed by atoms with E-state index in [2.05, 4.69) is 25.0 Å². The van der Waals surface area contributed by atoms with Gasteiger partial charge in [-0.25, -0.2) is 4.79 Å². The molecule has 0 aliphatic rings. The number of benzene rings is 1. The number of carbonyl (C=O) groups excluding carboxylic acids is 2. The highest BCUT2D eigenvalue weighted by Gasteiger charge is 2.27. The number of hydrogen-bond acceptors (Lipinski definition) is 5. The van der Waals surface area contributed by atoms with Gasteiger partial charge in [0.05, 0.1) is 6.61 Å². The van der Waals surface area contributed by atoms with E-state index < -0.39 is 14.0 Å². The van der Waals surface area contributed by atoms with Crippen molar-refractivity contribution in [3.63, 3.8) is 0 Å². The van der Waals surface area contributed by atoms with Crippen LogP contribution in [0, 0.1) is 0 Å². The molecule has 1 amide bonds. The zero-order valence-corrected chi connectivity index (χ0v) is 20.4. The summed E-state index contributed by atoms with van der Waals surface area (Å²) in [6, 6.07) is 12.2. The zero-order valence-electron chi connectivity index (χ0n) is 19.4. The van der Waals surface area contributed by atoms with Crippen molar-refractivity contribution in [2.24, 2.45) is 0 Å². The van der Waals surface area contributed by atoms with Crippen molar-refractivity contribution in [2.45, 2.75) is 52.4 Å². The minimum atomic E-state index is -1.27. The fourth-order valence-electron chi connectivity index (χ4n) is 2.99. The van der Waals surface area contributed by atoms with Gasteiger partial charge < -0.3 is 24.1 Å². The molecule has 0 aliphatic carbocycles. The van der Waals surface area contributed by atoms with Gasteiger partial charge in [-0.1, -0.05) is 50.0 Å². The van der Waals surface area contributed by atoms with Crippen LogP contribution in [0.15, 0.2) is 36.4 Å². The molecule has 1 N–H and O–H groups in total. The van der Waals surface area contributed by atoms with Crippen molar-refractivity contribution < 1.29 is 23.8 Å². The summed E-state index contributed by atoms with van der Waals surface area (Å²) in [7, 11) is 0.272. The summed E-state index contributed by atoms with van der Waals surface area (Å²) in [5, 5.41) is 2.63. The minimum Gasteiger partial charge on any atom is -0.484 e. The Hall–Kier alpha value is -2.58. The van der Waals surface area contributed by atoms with Gasteiger partial charge in [0.15, 0.2) is 11.4 Å². The first-order valence-electron chi connectivity index (χ1n) is 10.6. The summed E-state index contributed by atoms with van der Waals surface area (Å²) in [5.41, 5.74) is 1.42. The minimum absolute atomic E-state index is 0.0600. The SMILES string of the molecule is CCOC(=O)c1cc(O[C@@H](C)c2ccccc2)c(C(=O)NC)n1COCC[Si](C)(C)C. The molecule has 7 nitrogen and oxygen atoms in total. The number of rotatable bonds is 11. The van der Waals surface area contributed by atoms with E-state index in [0.717, 1.165) is 11.6 Å². The molecule has 31 heavy (non-hydrogen) atoms. The third-order valence-corrected chi connectivity index (χ3v) is 6.48. The van der Waals surface area contributed by atoms with E-state index in [1.165, 1.54) is 4.57 Å². The number of aromatic nitrogens is 1. The highest BCUT2D eigenvalue weighted by molar-refractivity contribution is 6.76. The van der Waals surface area contributed by atoms with E-state index in [9.17, 15) is 9.59 Å². The molecule has 0 spiro atoms. The molecular formula is C23H34N2O5Si. The maximum absolute atomic E-state index is 12.7. The summed E-state index contributed by atoms with van der Waals surface area (Å²) >= 11 is 0. The van der Waals surface area contributed by atoms with Gasteiger partial charge in [0.1, 0.15) is 18.5 Å². The van der Waals surface area contributed by atoms with E-state index in [-0.39, 0.29) is 36.7 Å². The standard InChI is InChI=1S/C23H34N2O5Si/c1-7-29-23(27)19-15-20(30-17(2)18-11-9-8-10-12-18)21(22(26)24-3)25(19)16-28-13-14-31(4,5)6/h8-12,15,17H,7,13-14,16H2,1-6H3,(H,24,26)/t17-/m0/s1. The summed E-state index contributed by atoms with van der Waals surface area (Å²) < 4.78 is 18.7. The molecule has 0 saturated carbocycles. The quantitative estimate of drug-likeness (QED) is 0.313. The van der Waals surface area contributed by atoms with E-state index >= 15 is 0 Å². The first kappa shape index (κ1) is 24.7. The topological polar surface area (TPSA) is 78.8 Å². The van der Waals surface area contributed by atoms with Crippen LogP contribution >= 0.6 is 0 Å². The van der Waals surface area contributed by atoms with Gasteiger partial charge in [-0.3, -0.25) is 4.79 Å². The monoisotopic (exact) mass is 446 g/mol. The second-order valence-corrected chi connectivity index (χ2v) is 14.1. The van der Waals surface area contributed by atoms with Crippen molar-refractivity contribution in [3.05, 3.63) is 53.3 Å². The molecule has 0 aliphatic heterocycles. The highest BCUT2D eigenvalue weighted by atomic mass is 28.3. The molecule has 0 saturated heterocycles. The van der Waals surface area contributed by atoms with Crippen LogP contribution in [0.1, 0.15) is 46.5 Å². The number of nitrogens with zero attached hydrogens (tertiary/aromatic N) is 1. The summed E-state index contributed by atoms with van der Waals surface area (Å²) in [6.45, 7) is 11.3. The molecular weight excluding hydrogens is 412 g/mol. The van der Waals surface area contributed by atoms with Gasteiger partial charge in [0.25, 0.3) is 5.91 Å². The maximum atomic E-state index is 12.7. The first-order chi connectivity index (χ1) is 14.7. The van der Waals surface area contributed by atoms with Gasteiger partial charge in [0, 0.05) is 27.8 Å². The molecule has 0 fully saturated rings. The predicted octanol–water partition coefficient (Wildman–Crippen LogP) is 4.48. The largest absolute Gasteiger partial charge is 0.484 e. The fraction of sp³-hybridized carbons (Fsp3) is 0.478. The molecule has 1 aromatic carbocycles. The van der Waals surface area contributed by atoms with Crippen LogP contribution in [0.3, 0.4) is 0 Å². The van der Waals surface area contributed by atoms with Crippen LogP contribution in [0.5, 0.6) is 5.75 Å². The maximum Gasteiger partial charge on any atom is 0.355 e. The summed E-state index contributed by atoms with van der Waals surface area (Å²) in [4.78, 5) is 25.4. The van der Waals surface area contributed by atoms with Crippen LogP contribution < -0.4 is 10.1 Å². The molecule has 2 aromatic rings. The number of carbonyl (C=O) groups is 2. The lowest BCUT2D eigenvalue weighted by molar-refractivity contribution is 0.0469. The van der Waals surface area contributed by atoms with Crippen molar-refractivity contribution in [3.8, 4) is 5.75 Å². The molecule has 1 aromatic heterocycles. The molecule has 1 atom stereocenters. The van der Waals surface area contributed by atoms with E-state index in [1.807, 2.05) is 37.3 Å². The van der Waals surface area contributed by atoms with Gasteiger partial charge in [-0.15, -0.1) is 0 Å². The Morgan fingerprint density at radius 1 is 1.16 bits per heavy atom. The zero-order chi connectivity index (χ0) is 23.0. The second kappa shape index (κ2) is 11.2. The number of hydrogen-bond donors (Lipinski definition) is 1. The Morgan fingerprint density at radius 2 is 1.84 bits per heavy atom. The van der Waals surface area contributed by atoms with Crippen LogP contribution in [-0.2, 0) is 16.2 Å². The number of esters is 1. The average Bonchev–Trinajstić information content (AvgIpc) is 3.08. The smallest absolute Gasteiger partial charge is 0.355 e.